The molecule has 0 unspecified atom stereocenters. The van der Waals surface area contributed by atoms with Gasteiger partial charge in [-0.1, -0.05) is 48.0 Å². The molecular weight excluding hydrogens is 176 g/mol. The summed E-state index contributed by atoms with van der Waals surface area (Å²) in [4.78, 5) is 10.1. The van der Waals surface area contributed by atoms with Crippen molar-refractivity contribution in [2.45, 2.75) is 0 Å². The van der Waals surface area contributed by atoms with Crippen LogP contribution in [-0.4, -0.2) is 10.0 Å². The number of nitrogens with one attached hydrogen (secondary N) is 1. The molecule has 0 aliphatic carbocycles. The van der Waals surface area contributed by atoms with Crippen LogP contribution in [0.25, 0.3) is 0 Å². The fourth-order valence-corrected chi connectivity index (χ4v) is 0.948. The largest absolute Gasteiger partial charge is 0.234 e. The summed E-state index contributed by atoms with van der Waals surface area (Å²) in [5.41, 5.74) is 2.56. The van der Waals surface area contributed by atoms with Crippen LogP contribution in [0.3, 0.4) is 0 Å². The molecule has 4 nitrogen and oxygen atoms in total. The Hall–Kier alpha value is -1.49. The van der Waals surface area contributed by atoms with Gasteiger partial charge in [0.2, 0.25) is 0 Å². The van der Waals surface area contributed by atoms with Crippen molar-refractivity contribution in [3.05, 3.63) is 46.0 Å². The number of hydrogen-bond acceptors (Lipinski definition) is 3. The van der Waals surface area contributed by atoms with Crippen LogP contribution in [-0.2, 0) is 0 Å². The molecule has 62 valence electrons. The summed E-state index contributed by atoms with van der Waals surface area (Å²) in [5, 5.41) is 9.32. The molecule has 0 amide bonds. The lowest BCUT2D eigenvalue weighted by atomic mass is 10.2. The van der Waals surface area contributed by atoms with Crippen molar-refractivity contribution in [1.82, 2.24) is 5.43 Å². The Balaban J connectivity index is 2.73. The number of nitrogens with zero attached hydrogens (tertiary/aromatic N) is 1. The van der Waals surface area contributed by atoms with Gasteiger partial charge in [0.15, 0.2) is 10.0 Å². The van der Waals surface area contributed by atoms with Crippen molar-refractivity contribution in [2.75, 3.05) is 0 Å². The number of nitro groups is 1. The Bertz CT molecular complexity index is 300. The first-order chi connectivity index (χ1) is 5.70. The van der Waals surface area contributed by atoms with Crippen molar-refractivity contribution in [3.63, 3.8) is 0 Å². The number of hydrogen-bond donors (Lipinski definition) is 1. The van der Waals surface area contributed by atoms with E-state index in [4.69, 9.17) is 12.2 Å². The van der Waals surface area contributed by atoms with E-state index in [0.29, 0.717) is 5.56 Å². The summed E-state index contributed by atoms with van der Waals surface area (Å²) in [5.74, 6) is 0. The molecule has 0 heterocycles. The van der Waals surface area contributed by atoms with E-state index in [0.717, 1.165) is 0 Å². The maximum Gasteiger partial charge on any atom is 0.171 e. The lowest BCUT2D eigenvalue weighted by molar-refractivity contribution is -0.524. The summed E-state index contributed by atoms with van der Waals surface area (Å²) < 4.78 is 0. The SMILES string of the molecule is O=[N+]([O-])NC(=S)c1ccccc1. The maximum absolute atomic E-state index is 9.99. The third-order valence-corrected chi connectivity index (χ3v) is 1.56. The summed E-state index contributed by atoms with van der Waals surface area (Å²) in [7, 11) is 0. The Kier molecular flexibility index (Phi) is 2.71. The van der Waals surface area contributed by atoms with Crippen LogP contribution in [0.15, 0.2) is 30.3 Å². The van der Waals surface area contributed by atoms with Gasteiger partial charge in [0.1, 0.15) is 0 Å². The minimum Gasteiger partial charge on any atom is -0.234 e. The minimum atomic E-state index is -0.671. The number of rotatable bonds is 2. The van der Waals surface area contributed by atoms with Crippen LogP contribution in [0.5, 0.6) is 0 Å². The van der Waals surface area contributed by atoms with Gasteiger partial charge in [-0.2, -0.15) is 0 Å². The van der Waals surface area contributed by atoms with Crippen molar-refractivity contribution >= 4 is 17.2 Å². The molecule has 0 saturated carbocycles. The summed E-state index contributed by atoms with van der Waals surface area (Å²) in [6, 6.07) is 8.77. The fourth-order valence-electron chi connectivity index (χ4n) is 0.737. The van der Waals surface area contributed by atoms with Crippen molar-refractivity contribution in [3.8, 4) is 0 Å². The van der Waals surface area contributed by atoms with Gasteiger partial charge in [0.25, 0.3) is 0 Å². The third-order valence-electron chi connectivity index (χ3n) is 1.23. The average Bonchev–Trinajstić information content (AvgIpc) is 2.05. The summed E-state index contributed by atoms with van der Waals surface area (Å²) in [6.45, 7) is 0. The Labute approximate surface area is 74.3 Å². The van der Waals surface area contributed by atoms with Gasteiger partial charge in [-0.3, -0.25) is 0 Å². The van der Waals surface area contributed by atoms with Gasteiger partial charge in [-0.05, 0) is 0 Å². The van der Waals surface area contributed by atoms with Gasteiger partial charge in [-0.15, -0.1) is 0 Å². The van der Waals surface area contributed by atoms with Gasteiger partial charge in [-0.25, -0.2) is 10.1 Å². The normalized spacial score (nSPS) is 9.00. The predicted octanol–water partition coefficient (Wildman–Crippen LogP) is 1.14. The van der Waals surface area contributed by atoms with Crippen molar-refractivity contribution < 1.29 is 5.03 Å². The monoisotopic (exact) mass is 182 g/mol. The molecule has 1 N–H and O–H groups in total. The molecule has 0 aliphatic rings. The number of benzene rings is 1. The Morgan fingerprint density at radius 2 is 2.00 bits per heavy atom. The zero-order valence-electron chi connectivity index (χ0n) is 6.06. The zero-order valence-corrected chi connectivity index (χ0v) is 6.88. The summed E-state index contributed by atoms with van der Waals surface area (Å²) >= 11 is 4.74. The lowest BCUT2D eigenvalue weighted by Crippen LogP contribution is -2.28. The van der Waals surface area contributed by atoms with E-state index in [1.54, 1.807) is 24.3 Å². The molecular formula is C7H6N2O2S. The van der Waals surface area contributed by atoms with E-state index >= 15 is 0 Å². The molecule has 12 heavy (non-hydrogen) atoms. The van der Waals surface area contributed by atoms with Crippen LogP contribution in [0.4, 0.5) is 0 Å². The van der Waals surface area contributed by atoms with Crippen molar-refractivity contribution in [1.29, 1.82) is 0 Å². The summed E-state index contributed by atoms with van der Waals surface area (Å²) in [6.07, 6.45) is 0. The topological polar surface area (TPSA) is 55.2 Å². The van der Waals surface area contributed by atoms with Crippen LogP contribution < -0.4 is 5.43 Å². The van der Waals surface area contributed by atoms with Crippen LogP contribution in [0.2, 0.25) is 0 Å². The molecule has 1 aromatic carbocycles. The standard InChI is InChI=1S/C7H6N2O2S/c10-9(11)8-7(12)6-4-2-1-3-5-6/h1-5H,(H,8,12). The quantitative estimate of drug-likeness (QED) is 0.423. The highest BCUT2D eigenvalue weighted by Crippen LogP contribution is 1.98. The maximum atomic E-state index is 9.99. The molecule has 0 spiro atoms. The zero-order chi connectivity index (χ0) is 8.97. The highest BCUT2D eigenvalue weighted by molar-refractivity contribution is 7.80. The molecule has 1 rings (SSSR count). The number of hydrazine groups is 1. The third kappa shape index (κ3) is 2.28. The first kappa shape index (κ1) is 8.61. The van der Waals surface area contributed by atoms with Crippen LogP contribution >= 0.6 is 12.2 Å². The van der Waals surface area contributed by atoms with E-state index in [-0.39, 0.29) is 4.99 Å². The molecule has 0 bridgehead atoms. The lowest BCUT2D eigenvalue weighted by Gasteiger charge is -1.98. The Morgan fingerprint density at radius 1 is 1.42 bits per heavy atom. The van der Waals surface area contributed by atoms with E-state index in [1.165, 1.54) is 0 Å². The highest BCUT2D eigenvalue weighted by Gasteiger charge is 2.03. The second-order valence-electron chi connectivity index (χ2n) is 2.06. The second-order valence-corrected chi connectivity index (χ2v) is 2.47. The molecule has 0 saturated heterocycles. The molecule has 5 heteroatoms. The molecule has 0 aliphatic heterocycles. The molecule has 0 atom stereocenters. The molecule has 1 aromatic rings. The van der Waals surface area contributed by atoms with Crippen LogP contribution in [0.1, 0.15) is 5.56 Å². The molecule has 0 fully saturated rings. The fraction of sp³-hybridized carbons (Fsp3) is 0. The highest BCUT2D eigenvalue weighted by atomic mass is 32.1. The van der Waals surface area contributed by atoms with Gasteiger partial charge in [0, 0.05) is 5.56 Å². The number of thiocarbonyl (C=S) groups is 1. The van der Waals surface area contributed by atoms with Crippen LogP contribution in [0, 0.1) is 10.1 Å². The van der Waals surface area contributed by atoms with Gasteiger partial charge < -0.3 is 0 Å². The van der Waals surface area contributed by atoms with E-state index in [9.17, 15) is 10.1 Å². The van der Waals surface area contributed by atoms with Crippen molar-refractivity contribution in [2.24, 2.45) is 0 Å². The second kappa shape index (κ2) is 3.77. The first-order valence-corrected chi connectivity index (χ1v) is 3.61. The molecule has 0 radical (unpaired) electrons. The van der Waals surface area contributed by atoms with E-state index in [2.05, 4.69) is 0 Å². The van der Waals surface area contributed by atoms with Gasteiger partial charge >= 0.3 is 0 Å². The predicted molar refractivity (Wildman–Crippen MR) is 48.3 cm³/mol. The smallest absolute Gasteiger partial charge is 0.171 e. The molecule has 0 aromatic heterocycles. The van der Waals surface area contributed by atoms with E-state index < -0.39 is 5.03 Å². The van der Waals surface area contributed by atoms with E-state index in [1.807, 2.05) is 11.5 Å². The average molecular weight is 182 g/mol. The van der Waals surface area contributed by atoms with Gasteiger partial charge in [0.05, 0.1) is 0 Å². The Morgan fingerprint density at radius 3 is 2.50 bits per heavy atom. The first-order valence-electron chi connectivity index (χ1n) is 3.20. The minimum absolute atomic E-state index is 0.126.